The Balaban J connectivity index is 1.50. The summed E-state index contributed by atoms with van der Waals surface area (Å²) in [6.07, 6.45) is 5.70. The third-order valence-corrected chi connectivity index (χ3v) is 6.51. The Kier molecular flexibility index (Phi) is 5.51. The second-order valence-corrected chi connectivity index (χ2v) is 8.53. The van der Waals surface area contributed by atoms with Crippen molar-refractivity contribution in [3.05, 3.63) is 132 Å². The van der Waals surface area contributed by atoms with Gasteiger partial charge in [0.1, 0.15) is 11.5 Å². The summed E-state index contributed by atoms with van der Waals surface area (Å²) in [7, 11) is 0. The molecule has 4 aromatic carbocycles. The Hall–Kier alpha value is -3.78. The Morgan fingerprint density at radius 1 is 0.531 bits per heavy atom. The van der Waals surface area contributed by atoms with E-state index in [1.165, 1.54) is 16.7 Å². The van der Waals surface area contributed by atoms with E-state index < -0.39 is 0 Å². The number of phenolic OH excluding ortho intramolecular Hbond substituents is 2. The molecular weight excluding hydrogens is 392 g/mol. The molecule has 2 heteroatoms. The maximum atomic E-state index is 9.73. The van der Waals surface area contributed by atoms with Crippen LogP contribution >= 0.6 is 0 Å². The molecule has 3 atom stereocenters. The summed E-state index contributed by atoms with van der Waals surface area (Å²) in [5.41, 5.74) is 6.13. The molecule has 5 rings (SSSR count). The third-order valence-electron chi connectivity index (χ3n) is 6.51. The van der Waals surface area contributed by atoms with Gasteiger partial charge in [0.25, 0.3) is 0 Å². The zero-order chi connectivity index (χ0) is 21.9. The Morgan fingerprint density at radius 2 is 1.19 bits per heavy atom. The highest BCUT2D eigenvalue weighted by molar-refractivity contribution is 5.65. The fourth-order valence-corrected chi connectivity index (χ4v) is 4.82. The van der Waals surface area contributed by atoms with Gasteiger partial charge in [0.2, 0.25) is 0 Å². The van der Waals surface area contributed by atoms with Crippen LogP contribution in [0.5, 0.6) is 11.5 Å². The second-order valence-electron chi connectivity index (χ2n) is 8.53. The first-order valence-electron chi connectivity index (χ1n) is 11.1. The number of benzene rings is 4. The minimum Gasteiger partial charge on any atom is -0.508 e. The Bertz CT molecular complexity index is 1210. The van der Waals surface area contributed by atoms with Gasteiger partial charge in [-0.2, -0.15) is 0 Å². The van der Waals surface area contributed by atoms with Crippen molar-refractivity contribution in [1.29, 1.82) is 0 Å². The van der Waals surface area contributed by atoms with Crippen LogP contribution in [0.4, 0.5) is 0 Å². The van der Waals surface area contributed by atoms with E-state index in [1.807, 2.05) is 24.3 Å². The normalized spacial score (nSPS) is 20.2. The highest BCUT2D eigenvalue weighted by atomic mass is 16.3. The largest absolute Gasteiger partial charge is 0.508 e. The van der Waals surface area contributed by atoms with Gasteiger partial charge in [0.05, 0.1) is 0 Å². The topological polar surface area (TPSA) is 40.5 Å². The molecule has 0 heterocycles. The molecule has 1 aliphatic rings. The summed E-state index contributed by atoms with van der Waals surface area (Å²) in [6.45, 7) is 0. The maximum Gasteiger partial charge on any atom is 0.115 e. The molecule has 0 aromatic heterocycles. The maximum absolute atomic E-state index is 9.73. The molecule has 0 aliphatic heterocycles. The van der Waals surface area contributed by atoms with E-state index in [1.54, 1.807) is 24.3 Å². The Labute approximate surface area is 189 Å². The monoisotopic (exact) mass is 418 g/mol. The lowest BCUT2D eigenvalue weighted by molar-refractivity contribution is 0.473. The third kappa shape index (κ3) is 4.17. The Morgan fingerprint density at radius 3 is 1.91 bits per heavy atom. The van der Waals surface area contributed by atoms with Crippen molar-refractivity contribution in [3.8, 4) is 22.6 Å². The summed E-state index contributed by atoms with van der Waals surface area (Å²) in [4.78, 5) is 0. The smallest absolute Gasteiger partial charge is 0.115 e. The van der Waals surface area contributed by atoms with Crippen LogP contribution < -0.4 is 0 Å². The first-order valence-corrected chi connectivity index (χ1v) is 11.1. The molecule has 0 spiro atoms. The van der Waals surface area contributed by atoms with Crippen molar-refractivity contribution in [2.75, 3.05) is 0 Å². The highest BCUT2D eigenvalue weighted by Crippen LogP contribution is 2.46. The zero-order valence-corrected chi connectivity index (χ0v) is 17.8. The van der Waals surface area contributed by atoms with Crippen molar-refractivity contribution < 1.29 is 10.2 Å². The first-order chi connectivity index (χ1) is 15.7. The molecule has 3 unspecified atom stereocenters. The fraction of sp³-hybridized carbons (Fsp3) is 0.133. The quantitative estimate of drug-likeness (QED) is 0.340. The van der Waals surface area contributed by atoms with Crippen LogP contribution in [0.1, 0.15) is 40.9 Å². The molecule has 0 amide bonds. The van der Waals surface area contributed by atoms with Crippen LogP contribution in [-0.2, 0) is 0 Å². The molecular formula is C30H26O2. The minimum atomic E-state index is 0.273. The molecule has 0 bridgehead atoms. The molecule has 0 saturated carbocycles. The van der Waals surface area contributed by atoms with E-state index in [-0.39, 0.29) is 11.7 Å². The van der Waals surface area contributed by atoms with Crippen LogP contribution in [0, 0.1) is 0 Å². The van der Waals surface area contributed by atoms with Crippen LogP contribution in [0.2, 0.25) is 0 Å². The molecule has 4 aromatic rings. The van der Waals surface area contributed by atoms with Crippen molar-refractivity contribution in [3.63, 3.8) is 0 Å². The number of aromatic hydroxyl groups is 2. The number of rotatable bonds is 4. The lowest BCUT2D eigenvalue weighted by Gasteiger charge is -2.33. The van der Waals surface area contributed by atoms with Gasteiger partial charge in [-0.05, 0) is 64.4 Å². The summed E-state index contributed by atoms with van der Waals surface area (Å²) < 4.78 is 0. The minimum absolute atomic E-state index is 0.273. The van der Waals surface area contributed by atoms with E-state index in [4.69, 9.17) is 0 Å². The molecule has 0 fully saturated rings. The summed E-state index contributed by atoms with van der Waals surface area (Å²) >= 11 is 0. The van der Waals surface area contributed by atoms with Gasteiger partial charge in [-0.15, -0.1) is 0 Å². The second kappa shape index (κ2) is 8.76. The van der Waals surface area contributed by atoms with Crippen LogP contribution in [-0.4, -0.2) is 10.2 Å². The van der Waals surface area contributed by atoms with Crippen LogP contribution in [0.3, 0.4) is 0 Å². The van der Waals surface area contributed by atoms with Crippen LogP contribution in [0.25, 0.3) is 11.1 Å². The van der Waals surface area contributed by atoms with Crippen molar-refractivity contribution in [2.45, 2.75) is 24.2 Å². The van der Waals surface area contributed by atoms with E-state index >= 15 is 0 Å². The van der Waals surface area contributed by atoms with Gasteiger partial charge in [0, 0.05) is 11.8 Å². The molecule has 0 radical (unpaired) electrons. The number of hydrogen-bond acceptors (Lipinski definition) is 2. The van der Waals surface area contributed by atoms with Crippen molar-refractivity contribution in [2.24, 2.45) is 0 Å². The van der Waals surface area contributed by atoms with Gasteiger partial charge < -0.3 is 10.2 Å². The van der Waals surface area contributed by atoms with E-state index in [0.29, 0.717) is 17.6 Å². The van der Waals surface area contributed by atoms with Gasteiger partial charge >= 0.3 is 0 Å². The van der Waals surface area contributed by atoms with Crippen LogP contribution in [0.15, 0.2) is 115 Å². The summed E-state index contributed by atoms with van der Waals surface area (Å²) in [6, 6.07) is 34.5. The molecule has 32 heavy (non-hydrogen) atoms. The number of phenols is 2. The number of allylic oxidation sites excluding steroid dienone is 2. The average Bonchev–Trinajstić information content (AvgIpc) is 2.85. The van der Waals surface area contributed by atoms with E-state index in [9.17, 15) is 10.2 Å². The summed E-state index contributed by atoms with van der Waals surface area (Å²) in [5.74, 6) is 1.54. The predicted octanol–water partition coefficient (Wildman–Crippen LogP) is 7.38. The van der Waals surface area contributed by atoms with Gasteiger partial charge in [0.15, 0.2) is 0 Å². The van der Waals surface area contributed by atoms with Gasteiger partial charge in [-0.25, -0.2) is 0 Å². The predicted molar refractivity (Wildman–Crippen MR) is 130 cm³/mol. The van der Waals surface area contributed by atoms with E-state index in [0.717, 1.165) is 17.5 Å². The lowest BCUT2D eigenvalue weighted by atomic mass is 9.71. The zero-order valence-electron chi connectivity index (χ0n) is 17.8. The molecule has 158 valence electrons. The van der Waals surface area contributed by atoms with Crippen molar-refractivity contribution >= 4 is 0 Å². The van der Waals surface area contributed by atoms with Gasteiger partial charge in [-0.3, -0.25) is 0 Å². The summed E-state index contributed by atoms with van der Waals surface area (Å²) in [5, 5.41) is 19.3. The molecule has 2 nitrogen and oxygen atoms in total. The van der Waals surface area contributed by atoms with E-state index in [2.05, 4.69) is 66.7 Å². The average molecular weight is 419 g/mol. The number of hydrogen-bond donors (Lipinski definition) is 2. The SMILES string of the molecule is Oc1ccc(-c2cccc(C3C=CC(c4ccc(O)cc4)C(c4ccccc4)C3)c2)cc1. The van der Waals surface area contributed by atoms with Crippen molar-refractivity contribution in [1.82, 2.24) is 0 Å². The fourth-order valence-electron chi connectivity index (χ4n) is 4.82. The standard InChI is InChI=1S/C30H26O2/c31-27-14-9-21(10-15-27)24-7-4-8-25(19-24)26-13-18-29(23-11-16-28(32)17-12-23)30(20-26)22-5-2-1-3-6-22/h1-19,26,29-32H,20H2. The molecule has 2 N–H and O–H groups in total. The lowest BCUT2D eigenvalue weighted by Crippen LogP contribution is -2.17. The molecule has 0 saturated heterocycles. The molecule has 1 aliphatic carbocycles. The highest BCUT2D eigenvalue weighted by Gasteiger charge is 2.29. The first kappa shape index (κ1) is 20.1. The van der Waals surface area contributed by atoms with Gasteiger partial charge in [-0.1, -0.05) is 91.0 Å².